The monoisotopic (exact) mass is 283 g/mol. The normalized spacial score (nSPS) is 20.6. The zero-order valence-corrected chi connectivity index (χ0v) is 9.87. The fourth-order valence-electron chi connectivity index (χ4n) is 0.687. The molecular formula is C4H11ClNO9P. The zero-order chi connectivity index (χ0) is 13.1. The van der Waals surface area contributed by atoms with Gasteiger partial charge in [0.2, 0.25) is 0 Å². The van der Waals surface area contributed by atoms with E-state index < -0.39 is 30.5 Å². The van der Waals surface area contributed by atoms with Crippen LogP contribution in [0.4, 0.5) is 0 Å². The van der Waals surface area contributed by atoms with Crippen LogP contribution in [-0.2, 0) is 13.3 Å². The van der Waals surface area contributed by atoms with E-state index in [2.05, 4.69) is 8.70 Å². The fourth-order valence-corrected chi connectivity index (χ4v) is 2.15. The average Bonchev–Trinajstić information content (AvgIpc) is 1.94. The van der Waals surface area contributed by atoms with Gasteiger partial charge in [0.05, 0.1) is 10.2 Å². The van der Waals surface area contributed by atoms with Crippen molar-refractivity contribution >= 4 is 7.82 Å². The summed E-state index contributed by atoms with van der Waals surface area (Å²) in [6.07, 6.45) is -3.09. The average molecular weight is 284 g/mol. The van der Waals surface area contributed by atoms with Crippen LogP contribution in [-0.4, -0.2) is 32.6 Å². The van der Waals surface area contributed by atoms with E-state index >= 15 is 0 Å². The van der Waals surface area contributed by atoms with Gasteiger partial charge in [-0.05, 0) is 13.8 Å². The molecule has 0 radical (unpaired) electrons. The van der Waals surface area contributed by atoms with Gasteiger partial charge in [0.25, 0.3) is 0 Å². The van der Waals surface area contributed by atoms with Crippen molar-refractivity contribution in [2.75, 3.05) is 0 Å². The zero-order valence-electron chi connectivity index (χ0n) is 8.22. The van der Waals surface area contributed by atoms with Crippen molar-refractivity contribution in [3.8, 4) is 0 Å². The molecule has 0 saturated heterocycles. The second-order valence-corrected chi connectivity index (χ2v) is 5.03. The number of hydrogen-bond acceptors (Lipinski definition) is 9. The SMILES string of the molecule is CC(O)N(OP(=O)(O)O[Cl+3]([O-])([O-])[O-])C(C)O. The molecule has 10 nitrogen and oxygen atoms in total. The van der Waals surface area contributed by atoms with Crippen LogP contribution in [0.3, 0.4) is 0 Å². The third kappa shape index (κ3) is 6.68. The van der Waals surface area contributed by atoms with E-state index in [1.54, 1.807) is 0 Å². The van der Waals surface area contributed by atoms with Gasteiger partial charge in [-0.2, -0.15) is 18.6 Å². The fraction of sp³-hybridized carbons (Fsp3) is 1.00. The third-order valence-corrected chi connectivity index (χ3v) is 2.87. The Morgan fingerprint density at radius 3 is 1.88 bits per heavy atom. The maximum atomic E-state index is 10.9. The lowest BCUT2D eigenvalue weighted by Crippen LogP contribution is -2.60. The van der Waals surface area contributed by atoms with Crippen molar-refractivity contribution in [2.24, 2.45) is 0 Å². The topological polar surface area (TPSA) is 169 Å². The summed E-state index contributed by atoms with van der Waals surface area (Å²) in [5, 5.41) is 18.1. The number of hydrogen-bond donors (Lipinski definition) is 3. The molecule has 0 fully saturated rings. The van der Waals surface area contributed by atoms with E-state index in [0.717, 1.165) is 13.8 Å². The van der Waals surface area contributed by atoms with E-state index in [4.69, 9.17) is 15.1 Å². The van der Waals surface area contributed by atoms with Crippen LogP contribution in [0.1, 0.15) is 13.8 Å². The molecule has 3 atom stereocenters. The molecule has 0 bridgehead atoms. The number of nitrogens with zero attached hydrogens (tertiary/aromatic N) is 1. The van der Waals surface area contributed by atoms with Crippen molar-refractivity contribution in [1.29, 1.82) is 0 Å². The maximum Gasteiger partial charge on any atom is 0.644 e. The van der Waals surface area contributed by atoms with Crippen LogP contribution in [0.5, 0.6) is 0 Å². The Morgan fingerprint density at radius 2 is 1.62 bits per heavy atom. The lowest BCUT2D eigenvalue weighted by Gasteiger charge is -2.26. The minimum atomic E-state index is -5.28. The van der Waals surface area contributed by atoms with E-state index in [-0.39, 0.29) is 5.06 Å². The molecule has 0 spiro atoms. The summed E-state index contributed by atoms with van der Waals surface area (Å²) < 4.78 is 48.1. The van der Waals surface area contributed by atoms with E-state index in [1.807, 2.05) is 0 Å². The minimum absolute atomic E-state index is 0.168. The predicted octanol–water partition coefficient (Wildman–Crippen LogP) is -4.09. The highest BCUT2D eigenvalue weighted by Crippen LogP contribution is 2.46. The molecule has 12 heteroatoms. The number of aliphatic hydroxyl groups is 2. The summed E-state index contributed by atoms with van der Waals surface area (Å²) in [5.74, 6) is 0. The highest BCUT2D eigenvalue weighted by atomic mass is 35.7. The summed E-state index contributed by atoms with van der Waals surface area (Å²) in [4.78, 5) is 8.78. The Kier molecular flexibility index (Phi) is 5.72. The summed E-state index contributed by atoms with van der Waals surface area (Å²) in [5.41, 5.74) is 0. The first-order chi connectivity index (χ1) is 6.94. The molecule has 0 rings (SSSR count). The van der Waals surface area contributed by atoms with Gasteiger partial charge < -0.3 is 10.2 Å². The Morgan fingerprint density at radius 1 is 1.25 bits per heavy atom. The molecule has 0 aliphatic rings. The Labute approximate surface area is 92.6 Å². The first-order valence-electron chi connectivity index (χ1n) is 3.74. The van der Waals surface area contributed by atoms with Crippen molar-refractivity contribution in [2.45, 2.75) is 26.3 Å². The van der Waals surface area contributed by atoms with Crippen LogP contribution in [0.15, 0.2) is 0 Å². The van der Waals surface area contributed by atoms with Crippen molar-refractivity contribution in [1.82, 2.24) is 5.06 Å². The third-order valence-electron chi connectivity index (χ3n) is 1.11. The molecule has 0 aromatic rings. The van der Waals surface area contributed by atoms with E-state index in [0.29, 0.717) is 0 Å². The van der Waals surface area contributed by atoms with E-state index in [1.165, 1.54) is 0 Å². The minimum Gasteiger partial charge on any atom is -0.376 e. The molecule has 0 saturated carbocycles. The lowest BCUT2D eigenvalue weighted by molar-refractivity contribution is -1.91. The van der Waals surface area contributed by atoms with Crippen LogP contribution < -0.4 is 14.0 Å². The molecule has 0 aromatic heterocycles. The van der Waals surface area contributed by atoms with Gasteiger partial charge in [-0.1, -0.05) is 0 Å². The first-order valence-corrected chi connectivity index (χ1v) is 6.46. The smallest absolute Gasteiger partial charge is 0.376 e. The molecule has 0 amide bonds. The Hall–Kier alpha value is 0.160. The molecule has 0 aliphatic heterocycles. The van der Waals surface area contributed by atoms with Gasteiger partial charge >= 0.3 is 7.82 Å². The largest absolute Gasteiger partial charge is 0.644 e. The molecule has 98 valence electrons. The molecule has 3 unspecified atom stereocenters. The van der Waals surface area contributed by atoms with Crippen LogP contribution in [0, 0.1) is 10.2 Å². The first kappa shape index (κ1) is 16.2. The molecule has 0 heterocycles. The van der Waals surface area contributed by atoms with Gasteiger partial charge in [0.1, 0.15) is 12.5 Å². The van der Waals surface area contributed by atoms with Crippen LogP contribution >= 0.6 is 7.82 Å². The Balaban J connectivity index is 4.61. The second kappa shape index (κ2) is 5.67. The second-order valence-electron chi connectivity index (χ2n) is 2.62. The highest BCUT2D eigenvalue weighted by Gasteiger charge is 2.45. The number of halogens is 1. The van der Waals surface area contributed by atoms with Gasteiger partial charge in [0.15, 0.2) is 4.08 Å². The van der Waals surface area contributed by atoms with Crippen molar-refractivity contribution < 1.29 is 52.6 Å². The number of aliphatic hydroxyl groups excluding tert-OH is 2. The molecular weight excluding hydrogens is 272 g/mol. The van der Waals surface area contributed by atoms with E-state index in [9.17, 15) is 18.5 Å². The lowest BCUT2D eigenvalue weighted by atomic mass is 10.5. The van der Waals surface area contributed by atoms with Crippen LogP contribution in [0.2, 0.25) is 0 Å². The molecule has 3 N–H and O–H groups in total. The highest BCUT2D eigenvalue weighted by molar-refractivity contribution is 7.47. The standard InChI is InChI=1S/C4H11ClNO9P/c1-3(7)6(4(2)8)15-16(12,13)14-5(9,10)11/h3-4,7-8H,1-2H3,(H,12,13). The number of rotatable bonds is 6. The van der Waals surface area contributed by atoms with Gasteiger partial charge in [-0.15, -0.1) is 5.06 Å². The number of phosphoric acid groups is 1. The van der Waals surface area contributed by atoms with Gasteiger partial charge in [-0.25, -0.2) is 4.57 Å². The quantitative estimate of drug-likeness (QED) is 0.247. The van der Waals surface area contributed by atoms with Gasteiger partial charge in [0, 0.05) is 0 Å². The summed E-state index contributed by atoms with van der Waals surface area (Å²) in [7, 11) is -10.5. The molecule has 0 aromatic carbocycles. The van der Waals surface area contributed by atoms with Crippen LogP contribution in [0.25, 0.3) is 0 Å². The summed E-state index contributed by atoms with van der Waals surface area (Å²) in [6.45, 7) is 2.10. The summed E-state index contributed by atoms with van der Waals surface area (Å²) in [6, 6.07) is 0. The van der Waals surface area contributed by atoms with Crippen molar-refractivity contribution in [3.63, 3.8) is 0 Å². The number of hydroxylamine groups is 2. The summed E-state index contributed by atoms with van der Waals surface area (Å²) >= 11 is 0. The Bertz CT molecular complexity index is 257. The van der Waals surface area contributed by atoms with Crippen molar-refractivity contribution in [3.05, 3.63) is 0 Å². The molecule has 0 aliphatic carbocycles. The van der Waals surface area contributed by atoms with Gasteiger partial charge in [-0.3, -0.25) is 4.89 Å². The molecule has 16 heavy (non-hydrogen) atoms. The predicted molar refractivity (Wildman–Crippen MR) is 37.2 cm³/mol. The maximum absolute atomic E-state index is 10.9.